The lowest BCUT2D eigenvalue weighted by atomic mass is 9.94. The van der Waals surface area contributed by atoms with Crippen LogP contribution in [0.1, 0.15) is 31.2 Å². The Kier molecular flexibility index (Phi) is 4.07. The number of carbonyl (C=O) groups is 2. The third-order valence-corrected chi connectivity index (χ3v) is 3.22. The molecule has 0 unspecified atom stereocenters. The van der Waals surface area contributed by atoms with Crippen LogP contribution in [-0.2, 0) is 16.0 Å². The topological polar surface area (TPSA) is 46.2 Å². The maximum Gasteiger partial charge on any atom is 0.224 e. The van der Waals surface area contributed by atoms with Gasteiger partial charge in [0.05, 0.1) is 6.42 Å². The van der Waals surface area contributed by atoms with E-state index in [1.54, 1.807) is 18.2 Å². The summed E-state index contributed by atoms with van der Waals surface area (Å²) in [5, 5.41) is 2.86. The van der Waals surface area contributed by atoms with Gasteiger partial charge < -0.3 is 5.32 Å². The second kappa shape index (κ2) is 5.76. The fourth-order valence-corrected chi connectivity index (χ4v) is 2.18. The SMILES string of the molecule is O=C1CCC(NC(=O)Cc2ccccc2F)CC1. The molecular weight excluding hydrogens is 233 g/mol. The van der Waals surface area contributed by atoms with Gasteiger partial charge in [0.25, 0.3) is 0 Å². The van der Waals surface area contributed by atoms with Gasteiger partial charge in [-0.3, -0.25) is 9.59 Å². The van der Waals surface area contributed by atoms with Crippen LogP contribution in [0, 0.1) is 5.82 Å². The maximum absolute atomic E-state index is 13.4. The number of nitrogens with one attached hydrogen (secondary N) is 1. The average molecular weight is 249 g/mol. The van der Waals surface area contributed by atoms with Crippen LogP contribution in [0.3, 0.4) is 0 Å². The monoisotopic (exact) mass is 249 g/mol. The van der Waals surface area contributed by atoms with E-state index in [4.69, 9.17) is 0 Å². The molecule has 0 aromatic heterocycles. The van der Waals surface area contributed by atoms with Crippen LogP contribution >= 0.6 is 0 Å². The summed E-state index contributed by atoms with van der Waals surface area (Å²) in [5.41, 5.74) is 0.405. The summed E-state index contributed by atoms with van der Waals surface area (Å²) in [6, 6.07) is 6.33. The zero-order valence-electron chi connectivity index (χ0n) is 10.1. The highest BCUT2D eigenvalue weighted by molar-refractivity contribution is 5.81. The molecule has 1 amide bonds. The van der Waals surface area contributed by atoms with Crippen LogP contribution in [0.5, 0.6) is 0 Å². The molecule has 0 saturated heterocycles. The number of benzene rings is 1. The van der Waals surface area contributed by atoms with Crippen molar-refractivity contribution in [2.24, 2.45) is 0 Å². The van der Waals surface area contributed by atoms with Crippen molar-refractivity contribution in [2.45, 2.75) is 38.1 Å². The molecule has 1 N–H and O–H groups in total. The van der Waals surface area contributed by atoms with Crippen LogP contribution in [0.15, 0.2) is 24.3 Å². The van der Waals surface area contributed by atoms with Crippen molar-refractivity contribution < 1.29 is 14.0 Å². The highest BCUT2D eigenvalue weighted by Gasteiger charge is 2.20. The van der Waals surface area contributed by atoms with Crippen molar-refractivity contribution in [1.82, 2.24) is 5.32 Å². The van der Waals surface area contributed by atoms with Crippen LogP contribution in [0.25, 0.3) is 0 Å². The Labute approximate surface area is 105 Å². The summed E-state index contributed by atoms with van der Waals surface area (Å²) < 4.78 is 13.4. The molecule has 1 saturated carbocycles. The first-order valence-corrected chi connectivity index (χ1v) is 6.19. The zero-order valence-corrected chi connectivity index (χ0v) is 10.1. The molecule has 1 aliphatic carbocycles. The predicted octanol–water partition coefficient (Wildman–Crippen LogP) is 2.00. The lowest BCUT2D eigenvalue weighted by Crippen LogP contribution is -2.38. The second-order valence-electron chi connectivity index (χ2n) is 4.65. The molecule has 96 valence electrons. The zero-order chi connectivity index (χ0) is 13.0. The average Bonchev–Trinajstić information content (AvgIpc) is 2.35. The van der Waals surface area contributed by atoms with E-state index in [1.807, 2.05) is 0 Å². The van der Waals surface area contributed by atoms with E-state index in [-0.39, 0.29) is 30.0 Å². The number of halogens is 1. The number of Topliss-reactive ketones (excluding diaryl/α,β-unsaturated/α-hetero) is 1. The largest absolute Gasteiger partial charge is 0.353 e. The van der Waals surface area contributed by atoms with Gasteiger partial charge in [-0.05, 0) is 24.5 Å². The van der Waals surface area contributed by atoms with E-state index < -0.39 is 0 Å². The Morgan fingerprint density at radius 1 is 1.28 bits per heavy atom. The van der Waals surface area contributed by atoms with Gasteiger partial charge in [-0.15, -0.1) is 0 Å². The molecule has 1 aliphatic rings. The van der Waals surface area contributed by atoms with Crippen molar-refractivity contribution in [1.29, 1.82) is 0 Å². The number of hydrogen-bond donors (Lipinski definition) is 1. The molecule has 0 aliphatic heterocycles. The molecule has 0 radical (unpaired) electrons. The number of ketones is 1. The summed E-state index contributed by atoms with van der Waals surface area (Å²) in [5.74, 6) is -0.277. The molecule has 2 rings (SSSR count). The standard InChI is InChI=1S/C14H16FNO2/c15-13-4-2-1-3-10(13)9-14(18)16-11-5-7-12(17)8-6-11/h1-4,11H,5-9H2,(H,16,18). The first kappa shape index (κ1) is 12.7. The summed E-state index contributed by atoms with van der Waals surface area (Å²) in [6.45, 7) is 0. The highest BCUT2D eigenvalue weighted by atomic mass is 19.1. The third kappa shape index (κ3) is 3.39. The molecule has 1 aromatic rings. The molecule has 4 heteroatoms. The molecule has 0 spiro atoms. The summed E-state index contributed by atoms with van der Waals surface area (Å²) in [7, 11) is 0. The van der Waals surface area contributed by atoms with Gasteiger partial charge in [0, 0.05) is 18.9 Å². The van der Waals surface area contributed by atoms with Crippen LogP contribution in [0.4, 0.5) is 4.39 Å². The van der Waals surface area contributed by atoms with Gasteiger partial charge in [0.1, 0.15) is 11.6 Å². The van der Waals surface area contributed by atoms with Crippen LogP contribution in [-0.4, -0.2) is 17.7 Å². The molecule has 1 aromatic carbocycles. The summed E-state index contributed by atoms with van der Waals surface area (Å²) in [6.07, 6.45) is 2.51. The minimum absolute atomic E-state index is 0.0527. The van der Waals surface area contributed by atoms with Crippen LogP contribution in [0.2, 0.25) is 0 Å². The maximum atomic E-state index is 13.4. The second-order valence-corrected chi connectivity index (χ2v) is 4.65. The van der Waals surface area contributed by atoms with Crippen molar-refractivity contribution in [3.63, 3.8) is 0 Å². The van der Waals surface area contributed by atoms with Crippen LogP contribution < -0.4 is 5.32 Å². The van der Waals surface area contributed by atoms with E-state index in [1.165, 1.54) is 6.07 Å². The lowest BCUT2D eigenvalue weighted by Gasteiger charge is -2.22. The van der Waals surface area contributed by atoms with Gasteiger partial charge in [0.15, 0.2) is 0 Å². The van der Waals surface area contributed by atoms with Crippen molar-refractivity contribution in [3.8, 4) is 0 Å². The Hall–Kier alpha value is -1.71. The van der Waals surface area contributed by atoms with E-state index in [0.717, 1.165) is 0 Å². The number of carbonyl (C=O) groups excluding carboxylic acids is 2. The summed E-state index contributed by atoms with van der Waals surface area (Å²) >= 11 is 0. The van der Waals surface area contributed by atoms with Gasteiger partial charge in [-0.25, -0.2) is 4.39 Å². The molecular formula is C14H16FNO2. The Balaban J connectivity index is 1.86. The first-order chi connectivity index (χ1) is 8.65. The normalized spacial score (nSPS) is 16.6. The molecule has 0 atom stereocenters. The van der Waals surface area contributed by atoms with Gasteiger partial charge in [-0.1, -0.05) is 18.2 Å². The quantitative estimate of drug-likeness (QED) is 0.890. The lowest BCUT2D eigenvalue weighted by molar-refractivity contribution is -0.124. The first-order valence-electron chi connectivity index (χ1n) is 6.19. The Bertz CT molecular complexity index is 449. The van der Waals surface area contributed by atoms with Gasteiger partial charge in [-0.2, -0.15) is 0 Å². The summed E-state index contributed by atoms with van der Waals surface area (Å²) in [4.78, 5) is 22.8. The highest BCUT2D eigenvalue weighted by Crippen LogP contribution is 2.15. The molecule has 3 nitrogen and oxygen atoms in total. The van der Waals surface area contributed by atoms with E-state index in [9.17, 15) is 14.0 Å². The molecule has 0 heterocycles. The smallest absolute Gasteiger partial charge is 0.224 e. The number of hydrogen-bond acceptors (Lipinski definition) is 2. The fraction of sp³-hybridized carbons (Fsp3) is 0.429. The predicted molar refractivity (Wildman–Crippen MR) is 65.5 cm³/mol. The fourth-order valence-electron chi connectivity index (χ4n) is 2.18. The van der Waals surface area contributed by atoms with E-state index in [0.29, 0.717) is 31.2 Å². The number of rotatable bonds is 3. The Morgan fingerprint density at radius 2 is 1.94 bits per heavy atom. The Morgan fingerprint density at radius 3 is 2.61 bits per heavy atom. The van der Waals surface area contributed by atoms with Crippen molar-refractivity contribution in [2.75, 3.05) is 0 Å². The minimum atomic E-state index is -0.355. The van der Waals surface area contributed by atoms with Gasteiger partial charge in [0.2, 0.25) is 5.91 Å². The molecule has 18 heavy (non-hydrogen) atoms. The van der Waals surface area contributed by atoms with Crippen molar-refractivity contribution >= 4 is 11.7 Å². The van der Waals surface area contributed by atoms with Crippen molar-refractivity contribution in [3.05, 3.63) is 35.6 Å². The number of amides is 1. The van der Waals surface area contributed by atoms with E-state index >= 15 is 0 Å². The molecule has 0 bridgehead atoms. The third-order valence-electron chi connectivity index (χ3n) is 3.22. The molecule has 1 fully saturated rings. The minimum Gasteiger partial charge on any atom is -0.353 e. The van der Waals surface area contributed by atoms with E-state index in [2.05, 4.69) is 5.32 Å². The van der Waals surface area contributed by atoms with Gasteiger partial charge >= 0.3 is 0 Å².